The Labute approximate surface area is 158 Å². The Morgan fingerprint density at radius 2 is 2.23 bits per heavy atom. The number of amidine groups is 1. The second-order valence-electron chi connectivity index (χ2n) is 4.86. The van der Waals surface area contributed by atoms with Crippen LogP contribution in [0.2, 0.25) is 0 Å². The molecule has 0 radical (unpaired) electrons. The van der Waals surface area contributed by atoms with Crippen LogP contribution in [0.1, 0.15) is 12.1 Å². The number of rotatable bonds is 9. The van der Waals surface area contributed by atoms with Crippen LogP contribution in [-0.4, -0.2) is 49.1 Å². The maximum Gasteiger partial charge on any atom is 0.202 e. The Bertz CT molecular complexity index is 790. The van der Waals surface area contributed by atoms with Crippen LogP contribution < -0.4 is 16.1 Å². The Morgan fingerprint density at radius 1 is 1.42 bits per heavy atom. The molecule has 2 rings (SSSR count). The Morgan fingerprint density at radius 3 is 2.92 bits per heavy atom. The molecule has 0 fully saturated rings. The van der Waals surface area contributed by atoms with Crippen molar-refractivity contribution in [1.29, 1.82) is 0 Å². The van der Waals surface area contributed by atoms with Gasteiger partial charge in [-0.3, -0.25) is 14.9 Å². The minimum Gasteiger partial charge on any atom is -0.771 e. The van der Waals surface area contributed by atoms with E-state index in [0.717, 1.165) is 0 Å². The second kappa shape index (κ2) is 10.3. The number of halogens is 2. The van der Waals surface area contributed by atoms with Crippen LogP contribution in [0.4, 0.5) is 15.9 Å². The maximum atomic E-state index is 13.3. The van der Waals surface area contributed by atoms with Gasteiger partial charge in [0.25, 0.3) is 0 Å². The van der Waals surface area contributed by atoms with E-state index >= 15 is 0 Å². The van der Waals surface area contributed by atoms with E-state index in [4.69, 9.17) is 0 Å². The average molecular weight is 450 g/mol. The molecular formula is C13H15BrFN6O4S-. The average Bonchev–Trinajstić information content (AvgIpc) is 3.07. The zero-order chi connectivity index (χ0) is 18.9. The SMILES string of the molecule is O=S([O-])CNCCCNc1nonc1C(=Nc1ccc(F)c(Br)c1)NO. The van der Waals surface area contributed by atoms with Gasteiger partial charge in [-0.2, -0.15) is 0 Å². The van der Waals surface area contributed by atoms with Gasteiger partial charge in [0.05, 0.1) is 16.0 Å². The van der Waals surface area contributed by atoms with Crippen LogP contribution in [0.5, 0.6) is 0 Å². The normalized spacial score (nSPS) is 12.8. The lowest BCUT2D eigenvalue weighted by Gasteiger charge is -2.08. The maximum absolute atomic E-state index is 13.3. The van der Waals surface area contributed by atoms with E-state index < -0.39 is 16.9 Å². The highest BCUT2D eigenvalue weighted by Crippen LogP contribution is 2.23. The molecule has 0 bridgehead atoms. The van der Waals surface area contributed by atoms with Crippen molar-refractivity contribution in [2.24, 2.45) is 4.99 Å². The molecule has 1 atom stereocenters. The summed E-state index contributed by atoms with van der Waals surface area (Å²) in [6.07, 6.45) is 0.605. The van der Waals surface area contributed by atoms with Crippen LogP contribution in [0.15, 0.2) is 32.3 Å². The van der Waals surface area contributed by atoms with E-state index in [1.165, 1.54) is 18.2 Å². The topological polar surface area (TPSA) is 148 Å². The van der Waals surface area contributed by atoms with Crippen LogP contribution in [0.25, 0.3) is 0 Å². The molecule has 142 valence electrons. The van der Waals surface area contributed by atoms with Crippen LogP contribution in [-0.2, 0) is 11.1 Å². The van der Waals surface area contributed by atoms with E-state index in [1.807, 2.05) is 5.48 Å². The molecule has 1 aromatic heterocycles. The number of aliphatic imine (C=N–C) groups is 1. The van der Waals surface area contributed by atoms with Gasteiger partial charge in [0.2, 0.25) is 5.82 Å². The van der Waals surface area contributed by atoms with Gasteiger partial charge in [-0.25, -0.2) is 14.0 Å². The predicted octanol–water partition coefficient (Wildman–Crippen LogP) is 1.26. The molecule has 1 heterocycles. The van der Waals surface area contributed by atoms with Crippen molar-refractivity contribution in [3.05, 3.63) is 34.2 Å². The number of nitrogens with zero attached hydrogens (tertiary/aromatic N) is 3. The summed E-state index contributed by atoms with van der Waals surface area (Å²) in [6.45, 7) is 0.922. The number of hydrogen-bond donors (Lipinski definition) is 4. The summed E-state index contributed by atoms with van der Waals surface area (Å²) >= 11 is 0.922. The fourth-order valence-electron chi connectivity index (χ4n) is 1.85. The lowest BCUT2D eigenvalue weighted by atomic mass is 10.3. The highest BCUT2D eigenvalue weighted by atomic mass is 79.9. The summed E-state index contributed by atoms with van der Waals surface area (Å²) in [6, 6.07) is 4.07. The fourth-order valence-corrected chi connectivity index (χ4v) is 2.53. The van der Waals surface area contributed by atoms with Crippen molar-refractivity contribution < 1.29 is 23.0 Å². The number of hydrogen-bond acceptors (Lipinski definition) is 9. The van der Waals surface area contributed by atoms with Crippen LogP contribution in [0, 0.1) is 5.82 Å². The molecule has 1 unspecified atom stereocenters. The summed E-state index contributed by atoms with van der Waals surface area (Å²) < 4.78 is 38.9. The van der Waals surface area contributed by atoms with Crippen molar-refractivity contribution in [1.82, 2.24) is 21.1 Å². The highest BCUT2D eigenvalue weighted by molar-refractivity contribution is 9.10. The number of hydroxylamine groups is 1. The van der Waals surface area contributed by atoms with Gasteiger partial charge in [-0.15, -0.1) is 0 Å². The largest absolute Gasteiger partial charge is 0.771 e. The standard InChI is InChI=1S/C13H16BrFN6O4S/c14-9-6-8(2-3-10(9)15)18-13(19-22)11-12(21-25-20-11)17-5-1-4-16-7-26(23)24/h2-3,6,16,22H,1,4-5,7H2,(H,17,21)(H,18,19)(H,23,24)/p-1. The molecule has 0 aliphatic heterocycles. The van der Waals surface area contributed by atoms with Gasteiger partial charge in [0, 0.05) is 6.54 Å². The van der Waals surface area contributed by atoms with Crippen molar-refractivity contribution in [3.8, 4) is 0 Å². The minimum absolute atomic E-state index is 0.0489. The van der Waals surface area contributed by atoms with Gasteiger partial charge in [0.1, 0.15) is 5.82 Å². The number of anilines is 1. The van der Waals surface area contributed by atoms with Gasteiger partial charge < -0.3 is 15.2 Å². The van der Waals surface area contributed by atoms with Gasteiger partial charge in [0.15, 0.2) is 11.5 Å². The van der Waals surface area contributed by atoms with Crippen molar-refractivity contribution >= 4 is 44.4 Å². The Hall–Kier alpha value is -1.93. The van der Waals surface area contributed by atoms with E-state index in [2.05, 4.69) is 46.5 Å². The molecule has 0 saturated carbocycles. The van der Waals surface area contributed by atoms with E-state index in [0.29, 0.717) is 25.2 Å². The summed E-state index contributed by atoms with van der Waals surface area (Å²) in [5.41, 5.74) is 2.39. The monoisotopic (exact) mass is 449 g/mol. The third-order valence-corrected chi connectivity index (χ3v) is 4.05. The first-order valence-corrected chi connectivity index (χ1v) is 9.32. The molecule has 1 aromatic carbocycles. The highest BCUT2D eigenvalue weighted by Gasteiger charge is 2.16. The smallest absolute Gasteiger partial charge is 0.202 e. The number of nitrogens with one attached hydrogen (secondary N) is 3. The summed E-state index contributed by atoms with van der Waals surface area (Å²) in [7, 11) is 0. The molecule has 0 aliphatic rings. The summed E-state index contributed by atoms with van der Waals surface area (Å²) in [5.74, 6) is -0.372. The van der Waals surface area contributed by atoms with Gasteiger partial charge in [-0.1, -0.05) is 0 Å². The zero-order valence-electron chi connectivity index (χ0n) is 13.2. The van der Waals surface area contributed by atoms with Crippen molar-refractivity contribution in [2.45, 2.75) is 6.42 Å². The molecule has 10 nitrogen and oxygen atoms in total. The van der Waals surface area contributed by atoms with Gasteiger partial charge in [-0.05, 0) is 68.5 Å². The van der Waals surface area contributed by atoms with Gasteiger partial charge >= 0.3 is 0 Å². The first-order chi connectivity index (χ1) is 12.5. The van der Waals surface area contributed by atoms with Crippen LogP contribution in [0.3, 0.4) is 0 Å². The third-order valence-electron chi connectivity index (χ3n) is 3.01. The first-order valence-electron chi connectivity index (χ1n) is 7.28. The Balaban J connectivity index is 2.01. The minimum atomic E-state index is -2.13. The molecule has 4 N–H and O–H groups in total. The van der Waals surface area contributed by atoms with Crippen molar-refractivity contribution in [2.75, 3.05) is 24.3 Å². The van der Waals surface area contributed by atoms with Crippen LogP contribution >= 0.6 is 15.9 Å². The molecular weight excluding hydrogens is 435 g/mol. The molecule has 0 amide bonds. The van der Waals surface area contributed by atoms with Crippen molar-refractivity contribution in [3.63, 3.8) is 0 Å². The molecule has 2 aromatic rings. The zero-order valence-corrected chi connectivity index (χ0v) is 15.6. The summed E-state index contributed by atoms with van der Waals surface area (Å²) in [4.78, 5) is 4.13. The lowest BCUT2D eigenvalue weighted by molar-refractivity contribution is 0.234. The van der Waals surface area contributed by atoms with E-state index in [-0.39, 0.29) is 27.7 Å². The third kappa shape index (κ3) is 6.10. The first kappa shape index (κ1) is 20.4. The molecule has 26 heavy (non-hydrogen) atoms. The summed E-state index contributed by atoms with van der Waals surface area (Å²) in [5, 5.41) is 22.4. The Kier molecular flexibility index (Phi) is 8.06. The van der Waals surface area contributed by atoms with E-state index in [1.54, 1.807) is 0 Å². The molecule has 0 spiro atoms. The molecule has 0 aliphatic carbocycles. The molecule has 0 saturated heterocycles. The lowest BCUT2D eigenvalue weighted by Crippen LogP contribution is -2.24. The molecule has 13 heteroatoms. The number of benzene rings is 1. The number of aromatic nitrogens is 2. The predicted molar refractivity (Wildman–Crippen MR) is 94.4 cm³/mol. The van der Waals surface area contributed by atoms with E-state index in [9.17, 15) is 18.4 Å². The quantitative estimate of drug-likeness (QED) is 0.146. The second-order valence-corrected chi connectivity index (χ2v) is 6.61. The fraction of sp³-hybridized carbons (Fsp3) is 0.308.